The number of likely N-dealkylation sites (N-methyl/N-ethyl adjacent to an activating group) is 1. The van der Waals surface area contributed by atoms with Crippen LogP contribution in [0.25, 0.3) is 0 Å². The van der Waals surface area contributed by atoms with Gasteiger partial charge in [0.1, 0.15) is 6.04 Å². The van der Waals surface area contributed by atoms with Gasteiger partial charge in [-0.25, -0.2) is 0 Å². The number of hydrogen-bond acceptors (Lipinski definition) is 5. The minimum absolute atomic E-state index is 0.00931. The predicted molar refractivity (Wildman–Crippen MR) is 128 cm³/mol. The first-order valence-corrected chi connectivity index (χ1v) is 12.1. The van der Waals surface area contributed by atoms with Crippen molar-refractivity contribution in [3.05, 3.63) is 35.4 Å². The van der Waals surface area contributed by atoms with Crippen LogP contribution in [0.2, 0.25) is 0 Å². The van der Waals surface area contributed by atoms with Crippen LogP contribution in [-0.4, -0.2) is 54.0 Å². The van der Waals surface area contributed by atoms with Gasteiger partial charge in [-0.05, 0) is 50.3 Å². The number of benzene rings is 1. The molecule has 3 rings (SSSR count). The van der Waals surface area contributed by atoms with E-state index in [1.165, 1.54) is 5.56 Å². The zero-order valence-corrected chi connectivity index (χ0v) is 20.3. The molecule has 1 saturated heterocycles. The smallest absolute Gasteiger partial charge is 0.243 e. The van der Waals surface area contributed by atoms with Crippen LogP contribution in [0.15, 0.2) is 29.3 Å². The van der Waals surface area contributed by atoms with Crippen LogP contribution in [0.3, 0.4) is 0 Å². The highest BCUT2D eigenvalue weighted by Gasteiger charge is 2.40. The van der Waals surface area contributed by atoms with Crippen molar-refractivity contribution in [3.63, 3.8) is 0 Å². The molecule has 31 heavy (non-hydrogen) atoms. The third-order valence-corrected chi connectivity index (χ3v) is 7.51. The van der Waals surface area contributed by atoms with E-state index in [-0.39, 0.29) is 35.4 Å². The zero-order chi connectivity index (χ0) is 22.8. The Labute approximate surface area is 190 Å². The Morgan fingerprint density at radius 1 is 1.23 bits per heavy atom. The summed E-state index contributed by atoms with van der Waals surface area (Å²) in [5.41, 5.74) is 4.03. The number of aliphatic imine (C=N–C) groups is 1. The van der Waals surface area contributed by atoms with Crippen molar-refractivity contribution in [2.24, 2.45) is 10.4 Å². The molecule has 6 nitrogen and oxygen atoms in total. The van der Waals surface area contributed by atoms with Crippen molar-refractivity contribution in [2.75, 3.05) is 13.6 Å². The standard InChI is InChI=1S/C24H36N4O2S/c1-15(17-9-11-18(12-10-17)20-16(2)26-14-31-20)27-22(29)19-8-7-13-28(19)23(30)21(25-6)24(3,4)5/h9-12,14-16,19-21,25H,7-8,13H2,1-6H3,(H,27,29). The molecule has 2 aliphatic rings. The summed E-state index contributed by atoms with van der Waals surface area (Å²) in [7, 11) is 1.81. The van der Waals surface area contributed by atoms with Crippen LogP contribution >= 0.6 is 11.8 Å². The number of carbonyl (C=O) groups excluding carboxylic acids is 2. The van der Waals surface area contributed by atoms with E-state index < -0.39 is 6.04 Å². The summed E-state index contributed by atoms with van der Waals surface area (Å²) in [5.74, 6) is -0.0605. The SMILES string of the molecule is CNC(C(=O)N1CCCC1C(=O)NC(C)c1ccc(C2SC=NC2C)cc1)C(C)(C)C. The van der Waals surface area contributed by atoms with E-state index >= 15 is 0 Å². The summed E-state index contributed by atoms with van der Waals surface area (Å²) >= 11 is 1.75. The van der Waals surface area contributed by atoms with Crippen molar-refractivity contribution in [1.29, 1.82) is 0 Å². The fourth-order valence-electron chi connectivity index (χ4n) is 4.51. The van der Waals surface area contributed by atoms with Crippen molar-refractivity contribution in [3.8, 4) is 0 Å². The number of nitrogens with one attached hydrogen (secondary N) is 2. The molecule has 0 bridgehead atoms. The van der Waals surface area contributed by atoms with E-state index in [9.17, 15) is 9.59 Å². The molecule has 2 heterocycles. The lowest BCUT2D eigenvalue weighted by Crippen LogP contribution is -2.55. The Morgan fingerprint density at radius 2 is 1.90 bits per heavy atom. The number of likely N-dealkylation sites (tertiary alicyclic amines) is 1. The highest BCUT2D eigenvalue weighted by atomic mass is 32.2. The molecule has 5 unspecified atom stereocenters. The summed E-state index contributed by atoms with van der Waals surface area (Å²) < 4.78 is 0. The Hall–Kier alpha value is -1.86. The summed E-state index contributed by atoms with van der Waals surface area (Å²) in [6.07, 6.45) is 1.56. The summed E-state index contributed by atoms with van der Waals surface area (Å²) in [6, 6.07) is 7.88. The molecule has 1 aromatic rings. The first-order valence-electron chi connectivity index (χ1n) is 11.2. The van der Waals surface area contributed by atoms with Crippen LogP contribution in [0.1, 0.15) is 69.9 Å². The maximum absolute atomic E-state index is 13.2. The Kier molecular flexibility index (Phi) is 7.47. The van der Waals surface area contributed by atoms with Crippen LogP contribution in [0.4, 0.5) is 0 Å². The number of hydrogen-bond donors (Lipinski definition) is 2. The average Bonchev–Trinajstić information content (AvgIpc) is 3.36. The fourth-order valence-corrected chi connectivity index (χ4v) is 5.51. The highest BCUT2D eigenvalue weighted by Crippen LogP contribution is 2.37. The largest absolute Gasteiger partial charge is 0.348 e. The van der Waals surface area contributed by atoms with Gasteiger partial charge in [0.05, 0.1) is 28.9 Å². The van der Waals surface area contributed by atoms with Crippen molar-refractivity contribution in [1.82, 2.24) is 15.5 Å². The first kappa shape index (κ1) is 23.8. The summed E-state index contributed by atoms with van der Waals surface area (Å²) in [6.45, 7) is 10.9. The number of thioether (sulfide) groups is 1. The maximum atomic E-state index is 13.2. The monoisotopic (exact) mass is 444 g/mol. The third kappa shape index (κ3) is 5.32. The Balaban J connectivity index is 1.64. The van der Waals surface area contributed by atoms with Crippen LogP contribution in [0.5, 0.6) is 0 Å². The van der Waals surface area contributed by atoms with Gasteiger partial charge in [0.25, 0.3) is 0 Å². The van der Waals surface area contributed by atoms with Crippen LogP contribution < -0.4 is 10.6 Å². The molecule has 0 radical (unpaired) electrons. The van der Waals surface area contributed by atoms with Gasteiger partial charge in [0.15, 0.2) is 0 Å². The van der Waals surface area contributed by atoms with Crippen LogP contribution in [0, 0.1) is 5.41 Å². The molecule has 1 fully saturated rings. The molecular weight excluding hydrogens is 408 g/mol. The fraction of sp³-hybridized carbons (Fsp3) is 0.625. The van der Waals surface area contributed by atoms with E-state index in [1.54, 1.807) is 16.7 Å². The molecule has 0 saturated carbocycles. The lowest BCUT2D eigenvalue weighted by atomic mass is 9.86. The number of amides is 2. The quantitative estimate of drug-likeness (QED) is 0.702. The summed E-state index contributed by atoms with van der Waals surface area (Å²) in [5, 5.41) is 6.64. The second-order valence-electron chi connectivity index (χ2n) is 9.73. The van der Waals surface area contributed by atoms with Gasteiger partial charge in [-0.3, -0.25) is 14.6 Å². The van der Waals surface area contributed by atoms with Crippen LogP contribution in [-0.2, 0) is 9.59 Å². The molecule has 5 atom stereocenters. The predicted octanol–water partition coefficient (Wildman–Crippen LogP) is 3.69. The molecule has 2 N–H and O–H groups in total. The topological polar surface area (TPSA) is 73.8 Å². The molecule has 170 valence electrons. The summed E-state index contributed by atoms with van der Waals surface area (Å²) in [4.78, 5) is 32.4. The van der Waals surface area contributed by atoms with E-state index in [2.05, 4.69) is 46.8 Å². The molecule has 2 amide bonds. The molecule has 1 aromatic carbocycles. The molecule has 0 aliphatic carbocycles. The van der Waals surface area contributed by atoms with Gasteiger partial charge in [-0.2, -0.15) is 0 Å². The second-order valence-corrected chi connectivity index (χ2v) is 10.7. The van der Waals surface area contributed by atoms with Crippen molar-refractivity contribution < 1.29 is 9.59 Å². The van der Waals surface area contributed by atoms with Gasteiger partial charge < -0.3 is 15.5 Å². The minimum atomic E-state index is -0.402. The van der Waals surface area contributed by atoms with Gasteiger partial charge in [-0.1, -0.05) is 45.0 Å². The van der Waals surface area contributed by atoms with Crippen molar-refractivity contribution >= 4 is 29.1 Å². The van der Waals surface area contributed by atoms with E-state index in [0.29, 0.717) is 18.2 Å². The third-order valence-electron chi connectivity index (χ3n) is 6.31. The first-order chi connectivity index (χ1) is 14.6. The minimum Gasteiger partial charge on any atom is -0.348 e. The molecule has 0 aromatic heterocycles. The van der Waals surface area contributed by atoms with E-state index in [1.807, 2.05) is 40.3 Å². The second kappa shape index (κ2) is 9.74. The Bertz CT molecular complexity index is 818. The average molecular weight is 445 g/mol. The molecular formula is C24H36N4O2S. The number of carbonyl (C=O) groups is 2. The molecule has 7 heteroatoms. The van der Waals surface area contributed by atoms with E-state index in [0.717, 1.165) is 12.0 Å². The normalized spacial score (nSPS) is 25.5. The highest BCUT2D eigenvalue weighted by molar-refractivity contribution is 8.12. The lowest BCUT2D eigenvalue weighted by Gasteiger charge is -2.35. The number of nitrogens with zero attached hydrogens (tertiary/aromatic N) is 2. The van der Waals surface area contributed by atoms with E-state index in [4.69, 9.17) is 0 Å². The van der Waals surface area contributed by atoms with Gasteiger partial charge in [0, 0.05) is 6.54 Å². The zero-order valence-electron chi connectivity index (χ0n) is 19.5. The molecule has 0 spiro atoms. The van der Waals surface area contributed by atoms with Gasteiger partial charge >= 0.3 is 0 Å². The lowest BCUT2D eigenvalue weighted by molar-refractivity contribution is -0.142. The van der Waals surface area contributed by atoms with Gasteiger partial charge in [0.2, 0.25) is 11.8 Å². The number of rotatable bonds is 6. The Morgan fingerprint density at radius 3 is 2.45 bits per heavy atom. The molecule has 2 aliphatic heterocycles. The van der Waals surface area contributed by atoms with Crippen molar-refractivity contribution in [2.45, 2.75) is 76.9 Å². The maximum Gasteiger partial charge on any atom is 0.243 e. The van der Waals surface area contributed by atoms with Gasteiger partial charge in [-0.15, -0.1) is 11.8 Å².